The van der Waals surface area contributed by atoms with Gasteiger partial charge in [0.1, 0.15) is 5.69 Å². The molecule has 6 nitrogen and oxygen atoms in total. The van der Waals surface area contributed by atoms with E-state index in [4.69, 9.17) is 0 Å². The third-order valence-electron chi connectivity index (χ3n) is 1.78. The maximum absolute atomic E-state index is 13.3. The minimum absolute atomic E-state index is 0.244. The monoisotopic (exact) mass is 282 g/mol. The number of nitro groups is 1. The molecule has 0 aliphatic carbocycles. The molecule has 0 aliphatic heterocycles. The van der Waals surface area contributed by atoms with Crippen molar-refractivity contribution in [2.24, 2.45) is 0 Å². The maximum atomic E-state index is 13.3. The largest absolute Gasteiger partial charge is 0.573 e. The van der Waals surface area contributed by atoms with E-state index >= 15 is 0 Å². The first-order valence-electron chi connectivity index (χ1n) is 4.61. The number of nitrogens with one attached hydrogen (secondary N) is 1. The summed E-state index contributed by atoms with van der Waals surface area (Å²) in [5.41, 5.74) is -1.49. The van der Waals surface area contributed by atoms with E-state index in [0.29, 0.717) is 6.07 Å². The number of nitro benzene ring substituents is 1. The van der Waals surface area contributed by atoms with Crippen LogP contribution in [0, 0.1) is 15.9 Å². The quantitative estimate of drug-likeness (QED) is 0.525. The number of amides is 1. The van der Waals surface area contributed by atoms with Gasteiger partial charge in [0, 0.05) is 13.0 Å². The van der Waals surface area contributed by atoms with Crippen LogP contribution in [0.5, 0.6) is 5.75 Å². The zero-order valence-electron chi connectivity index (χ0n) is 9.25. The highest BCUT2D eigenvalue weighted by atomic mass is 19.4. The zero-order valence-corrected chi connectivity index (χ0v) is 9.25. The Labute approximate surface area is 103 Å². The number of anilines is 1. The van der Waals surface area contributed by atoms with Crippen LogP contribution in [0.1, 0.15) is 6.92 Å². The topological polar surface area (TPSA) is 81.5 Å². The lowest BCUT2D eigenvalue weighted by Gasteiger charge is -2.11. The molecule has 0 fully saturated rings. The molecule has 0 saturated heterocycles. The summed E-state index contributed by atoms with van der Waals surface area (Å²) in [7, 11) is 0. The number of halogens is 4. The number of ether oxygens (including phenoxy) is 1. The van der Waals surface area contributed by atoms with Gasteiger partial charge in [0.2, 0.25) is 5.91 Å². The van der Waals surface area contributed by atoms with Gasteiger partial charge < -0.3 is 10.1 Å². The molecule has 1 aromatic carbocycles. The Morgan fingerprint density at radius 1 is 1.42 bits per heavy atom. The van der Waals surface area contributed by atoms with Crippen molar-refractivity contribution in [1.82, 2.24) is 0 Å². The number of benzene rings is 1. The Morgan fingerprint density at radius 2 is 2.00 bits per heavy atom. The highest BCUT2D eigenvalue weighted by Crippen LogP contribution is 2.34. The number of nitrogens with zero attached hydrogens (tertiary/aromatic N) is 1. The summed E-state index contributed by atoms with van der Waals surface area (Å²) in [5.74, 6) is -3.59. The van der Waals surface area contributed by atoms with E-state index in [-0.39, 0.29) is 6.07 Å². The molecule has 1 N–H and O–H groups in total. The molecule has 10 heteroatoms. The number of carbonyl (C=O) groups is 1. The molecule has 19 heavy (non-hydrogen) atoms. The molecule has 104 valence electrons. The van der Waals surface area contributed by atoms with Crippen molar-refractivity contribution in [2.45, 2.75) is 13.3 Å². The SMILES string of the molecule is CC(=O)Nc1cc(F)c(OC(F)(F)F)cc1[N+](=O)[O-]. The van der Waals surface area contributed by atoms with E-state index in [1.54, 1.807) is 0 Å². The fraction of sp³-hybridized carbons (Fsp3) is 0.222. The molecule has 0 spiro atoms. The second kappa shape index (κ2) is 5.08. The highest BCUT2D eigenvalue weighted by molar-refractivity contribution is 5.91. The molecule has 1 aromatic rings. The number of alkyl halides is 3. The molecular formula is C9H6F4N2O4. The van der Waals surface area contributed by atoms with E-state index in [1.165, 1.54) is 0 Å². The van der Waals surface area contributed by atoms with Crippen molar-refractivity contribution in [3.8, 4) is 5.75 Å². The Morgan fingerprint density at radius 3 is 2.42 bits per heavy atom. The van der Waals surface area contributed by atoms with Crippen molar-refractivity contribution < 1.29 is 32.0 Å². The molecule has 0 radical (unpaired) electrons. The standard InChI is InChI=1S/C9H6F4N2O4/c1-4(16)14-6-2-5(10)8(19-9(11,12)13)3-7(6)15(17)18/h2-3H,1H3,(H,14,16). The molecule has 0 heterocycles. The number of carbonyl (C=O) groups excluding carboxylic acids is 1. The van der Waals surface area contributed by atoms with E-state index in [9.17, 15) is 32.5 Å². The molecule has 0 aromatic heterocycles. The summed E-state index contributed by atoms with van der Waals surface area (Å²) >= 11 is 0. The molecular weight excluding hydrogens is 276 g/mol. The van der Waals surface area contributed by atoms with Crippen LogP contribution in [0.3, 0.4) is 0 Å². The van der Waals surface area contributed by atoms with Crippen LogP contribution >= 0.6 is 0 Å². The fourth-order valence-electron chi connectivity index (χ4n) is 1.19. The van der Waals surface area contributed by atoms with Crippen LogP contribution in [0.15, 0.2) is 12.1 Å². The van der Waals surface area contributed by atoms with Gasteiger partial charge in [0.05, 0.1) is 11.0 Å². The average molecular weight is 282 g/mol. The summed E-state index contributed by atoms with van der Waals surface area (Å²) < 4.78 is 52.4. The van der Waals surface area contributed by atoms with Gasteiger partial charge in [-0.05, 0) is 0 Å². The van der Waals surface area contributed by atoms with E-state index in [1.807, 2.05) is 5.32 Å². The van der Waals surface area contributed by atoms with Crippen LogP contribution in [-0.4, -0.2) is 17.2 Å². The Bertz CT molecular complexity index is 530. The van der Waals surface area contributed by atoms with Crippen LogP contribution in [-0.2, 0) is 4.79 Å². The van der Waals surface area contributed by atoms with Crippen molar-refractivity contribution in [3.05, 3.63) is 28.1 Å². The summed E-state index contributed by atoms with van der Waals surface area (Å²) in [4.78, 5) is 20.3. The normalized spacial score (nSPS) is 11.0. The van der Waals surface area contributed by atoms with Gasteiger partial charge >= 0.3 is 6.36 Å². The molecule has 0 unspecified atom stereocenters. The molecule has 1 rings (SSSR count). The van der Waals surface area contributed by atoms with E-state index < -0.39 is 40.1 Å². The molecule has 0 bridgehead atoms. The van der Waals surface area contributed by atoms with Crippen molar-refractivity contribution in [2.75, 3.05) is 5.32 Å². The average Bonchev–Trinajstić information content (AvgIpc) is 2.18. The minimum Gasteiger partial charge on any atom is -0.402 e. The Hall–Kier alpha value is -2.39. The molecule has 0 saturated carbocycles. The Balaban J connectivity index is 3.28. The van der Waals surface area contributed by atoms with Crippen LogP contribution in [0.2, 0.25) is 0 Å². The minimum atomic E-state index is -5.19. The number of hydrogen-bond acceptors (Lipinski definition) is 4. The van der Waals surface area contributed by atoms with Gasteiger partial charge in [0.25, 0.3) is 5.69 Å². The van der Waals surface area contributed by atoms with Gasteiger partial charge in [-0.25, -0.2) is 4.39 Å². The van der Waals surface area contributed by atoms with Gasteiger partial charge in [-0.15, -0.1) is 13.2 Å². The van der Waals surface area contributed by atoms with E-state index in [0.717, 1.165) is 6.92 Å². The van der Waals surface area contributed by atoms with Crippen molar-refractivity contribution in [1.29, 1.82) is 0 Å². The lowest BCUT2D eigenvalue weighted by atomic mass is 10.2. The second-order valence-electron chi connectivity index (χ2n) is 3.29. The summed E-state index contributed by atoms with van der Waals surface area (Å²) in [6.07, 6.45) is -5.19. The van der Waals surface area contributed by atoms with Crippen LogP contribution in [0.25, 0.3) is 0 Å². The second-order valence-corrected chi connectivity index (χ2v) is 3.29. The molecule has 0 atom stereocenters. The molecule has 0 aliphatic rings. The predicted molar refractivity (Wildman–Crippen MR) is 54.0 cm³/mol. The van der Waals surface area contributed by atoms with Crippen molar-refractivity contribution >= 4 is 17.3 Å². The highest BCUT2D eigenvalue weighted by Gasteiger charge is 2.34. The van der Waals surface area contributed by atoms with Crippen molar-refractivity contribution in [3.63, 3.8) is 0 Å². The van der Waals surface area contributed by atoms with E-state index in [2.05, 4.69) is 4.74 Å². The summed E-state index contributed by atoms with van der Waals surface area (Å²) in [6.45, 7) is 1.00. The number of rotatable bonds is 3. The van der Waals surface area contributed by atoms with Gasteiger partial charge in [-0.2, -0.15) is 0 Å². The zero-order chi connectivity index (χ0) is 14.8. The lowest BCUT2D eigenvalue weighted by molar-refractivity contribution is -0.384. The fourth-order valence-corrected chi connectivity index (χ4v) is 1.19. The molecule has 1 amide bonds. The third-order valence-corrected chi connectivity index (χ3v) is 1.78. The van der Waals surface area contributed by atoms with Gasteiger partial charge in [-0.1, -0.05) is 0 Å². The number of hydrogen-bond donors (Lipinski definition) is 1. The third kappa shape index (κ3) is 4.08. The first-order valence-corrected chi connectivity index (χ1v) is 4.61. The predicted octanol–water partition coefficient (Wildman–Crippen LogP) is 2.59. The Kier molecular flexibility index (Phi) is 3.92. The maximum Gasteiger partial charge on any atom is 0.573 e. The van der Waals surface area contributed by atoms with Crippen LogP contribution in [0.4, 0.5) is 28.9 Å². The first-order chi connectivity index (χ1) is 8.60. The first kappa shape index (κ1) is 14.7. The summed E-state index contributed by atoms with van der Waals surface area (Å²) in [5, 5.41) is 12.6. The summed E-state index contributed by atoms with van der Waals surface area (Å²) in [6, 6.07) is 0.620. The van der Waals surface area contributed by atoms with Gasteiger partial charge in [-0.3, -0.25) is 14.9 Å². The van der Waals surface area contributed by atoms with Crippen LogP contribution < -0.4 is 10.1 Å². The van der Waals surface area contributed by atoms with Gasteiger partial charge in [0.15, 0.2) is 11.6 Å². The lowest BCUT2D eigenvalue weighted by Crippen LogP contribution is -2.18. The smallest absolute Gasteiger partial charge is 0.402 e.